The SMILES string of the molecule is CCC(O)c1ccc(OC)cc1O. The normalized spacial score (nSPS) is 12.5. The molecule has 0 radical (unpaired) electrons. The highest BCUT2D eigenvalue weighted by atomic mass is 16.5. The van der Waals surface area contributed by atoms with Crippen LogP contribution in [-0.4, -0.2) is 17.3 Å². The van der Waals surface area contributed by atoms with E-state index in [1.54, 1.807) is 12.1 Å². The van der Waals surface area contributed by atoms with Gasteiger partial charge in [0.2, 0.25) is 0 Å². The van der Waals surface area contributed by atoms with Gasteiger partial charge in [0.05, 0.1) is 13.2 Å². The Labute approximate surface area is 77.6 Å². The molecule has 0 bridgehead atoms. The summed E-state index contributed by atoms with van der Waals surface area (Å²) in [5.74, 6) is 0.665. The monoisotopic (exact) mass is 182 g/mol. The molecule has 0 aliphatic heterocycles. The number of benzene rings is 1. The molecular weight excluding hydrogens is 168 g/mol. The minimum atomic E-state index is -0.606. The summed E-state index contributed by atoms with van der Waals surface area (Å²) in [6.45, 7) is 1.86. The number of aliphatic hydroxyl groups is 1. The average Bonchev–Trinajstić information content (AvgIpc) is 2.16. The van der Waals surface area contributed by atoms with Gasteiger partial charge in [0.25, 0.3) is 0 Å². The molecule has 13 heavy (non-hydrogen) atoms. The summed E-state index contributed by atoms with van der Waals surface area (Å²) in [4.78, 5) is 0. The van der Waals surface area contributed by atoms with Gasteiger partial charge in [0.1, 0.15) is 11.5 Å². The van der Waals surface area contributed by atoms with Crippen molar-refractivity contribution in [3.63, 3.8) is 0 Å². The second-order valence-corrected chi connectivity index (χ2v) is 2.85. The van der Waals surface area contributed by atoms with E-state index in [1.165, 1.54) is 13.2 Å². The molecule has 1 aromatic rings. The molecule has 0 aliphatic carbocycles. The van der Waals surface area contributed by atoms with Crippen LogP contribution in [0.5, 0.6) is 11.5 Å². The van der Waals surface area contributed by atoms with Crippen LogP contribution in [0.25, 0.3) is 0 Å². The van der Waals surface area contributed by atoms with Crippen molar-refractivity contribution in [1.82, 2.24) is 0 Å². The van der Waals surface area contributed by atoms with Gasteiger partial charge in [-0.3, -0.25) is 0 Å². The van der Waals surface area contributed by atoms with Crippen LogP contribution in [0.2, 0.25) is 0 Å². The summed E-state index contributed by atoms with van der Waals surface area (Å²) in [6, 6.07) is 4.88. The van der Waals surface area contributed by atoms with Crippen molar-refractivity contribution in [2.45, 2.75) is 19.4 Å². The average molecular weight is 182 g/mol. The molecule has 1 rings (SSSR count). The number of hydrogen-bond acceptors (Lipinski definition) is 3. The van der Waals surface area contributed by atoms with Gasteiger partial charge < -0.3 is 14.9 Å². The minimum Gasteiger partial charge on any atom is -0.507 e. The third kappa shape index (κ3) is 2.12. The second-order valence-electron chi connectivity index (χ2n) is 2.85. The van der Waals surface area contributed by atoms with Crippen molar-refractivity contribution in [3.8, 4) is 11.5 Å². The van der Waals surface area contributed by atoms with Gasteiger partial charge >= 0.3 is 0 Å². The minimum absolute atomic E-state index is 0.0775. The maximum absolute atomic E-state index is 9.48. The second kappa shape index (κ2) is 4.14. The number of ether oxygens (including phenoxy) is 1. The van der Waals surface area contributed by atoms with Gasteiger partial charge in [0.15, 0.2) is 0 Å². The molecule has 1 unspecified atom stereocenters. The molecule has 0 heterocycles. The van der Waals surface area contributed by atoms with Crippen molar-refractivity contribution in [2.75, 3.05) is 7.11 Å². The smallest absolute Gasteiger partial charge is 0.125 e. The van der Waals surface area contributed by atoms with Crippen LogP contribution in [0.15, 0.2) is 18.2 Å². The number of phenolic OH excluding ortho intramolecular Hbond substituents is 1. The fraction of sp³-hybridized carbons (Fsp3) is 0.400. The summed E-state index contributed by atoms with van der Waals surface area (Å²) in [5.41, 5.74) is 0.545. The molecule has 1 atom stereocenters. The van der Waals surface area contributed by atoms with Gasteiger partial charge in [-0.25, -0.2) is 0 Å². The molecule has 0 amide bonds. The first-order valence-electron chi connectivity index (χ1n) is 4.24. The maximum Gasteiger partial charge on any atom is 0.125 e. The summed E-state index contributed by atoms with van der Waals surface area (Å²) in [5, 5.41) is 19.0. The van der Waals surface area contributed by atoms with E-state index < -0.39 is 6.10 Å². The Morgan fingerprint density at radius 2 is 2.15 bits per heavy atom. The van der Waals surface area contributed by atoms with E-state index in [0.29, 0.717) is 17.7 Å². The first-order valence-corrected chi connectivity index (χ1v) is 4.24. The molecule has 2 N–H and O–H groups in total. The predicted octanol–water partition coefficient (Wildman–Crippen LogP) is 1.84. The zero-order chi connectivity index (χ0) is 9.84. The molecule has 0 aliphatic rings. The third-order valence-electron chi connectivity index (χ3n) is 1.98. The molecule has 3 heteroatoms. The van der Waals surface area contributed by atoms with Crippen LogP contribution in [0.1, 0.15) is 25.0 Å². The van der Waals surface area contributed by atoms with E-state index in [1.807, 2.05) is 6.92 Å². The number of aromatic hydroxyl groups is 1. The largest absolute Gasteiger partial charge is 0.507 e. The lowest BCUT2D eigenvalue weighted by molar-refractivity contribution is 0.169. The highest BCUT2D eigenvalue weighted by Gasteiger charge is 2.10. The number of aliphatic hydroxyl groups excluding tert-OH is 1. The van der Waals surface area contributed by atoms with Crippen molar-refractivity contribution in [3.05, 3.63) is 23.8 Å². The summed E-state index contributed by atoms with van der Waals surface area (Å²) >= 11 is 0. The van der Waals surface area contributed by atoms with Gasteiger partial charge in [-0.2, -0.15) is 0 Å². The zero-order valence-electron chi connectivity index (χ0n) is 7.82. The molecular formula is C10H14O3. The fourth-order valence-electron chi connectivity index (χ4n) is 1.15. The van der Waals surface area contributed by atoms with Gasteiger partial charge in [-0.1, -0.05) is 6.92 Å². The summed E-state index contributed by atoms with van der Waals surface area (Å²) in [6.07, 6.45) is -0.0224. The lowest BCUT2D eigenvalue weighted by Gasteiger charge is -2.10. The highest BCUT2D eigenvalue weighted by Crippen LogP contribution is 2.29. The van der Waals surface area contributed by atoms with Crippen molar-refractivity contribution < 1.29 is 14.9 Å². The fourth-order valence-corrected chi connectivity index (χ4v) is 1.15. The number of hydrogen-bond donors (Lipinski definition) is 2. The Hall–Kier alpha value is -1.22. The number of phenols is 1. The molecule has 0 saturated heterocycles. The summed E-state index contributed by atoms with van der Waals surface area (Å²) < 4.78 is 4.92. The van der Waals surface area contributed by atoms with E-state index in [9.17, 15) is 10.2 Å². The van der Waals surface area contributed by atoms with Gasteiger partial charge in [-0.05, 0) is 18.6 Å². The first-order chi connectivity index (χ1) is 6.19. The van der Waals surface area contributed by atoms with Gasteiger partial charge in [0, 0.05) is 11.6 Å². The van der Waals surface area contributed by atoms with Crippen molar-refractivity contribution in [1.29, 1.82) is 0 Å². The lowest BCUT2D eigenvalue weighted by atomic mass is 10.1. The Morgan fingerprint density at radius 3 is 2.62 bits per heavy atom. The molecule has 0 saturated carbocycles. The topological polar surface area (TPSA) is 49.7 Å². The molecule has 0 spiro atoms. The molecule has 72 valence electrons. The maximum atomic E-state index is 9.48. The predicted molar refractivity (Wildman–Crippen MR) is 49.9 cm³/mol. The van der Waals surface area contributed by atoms with E-state index in [2.05, 4.69) is 0 Å². The van der Waals surface area contributed by atoms with Gasteiger partial charge in [-0.15, -0.1) is 0 Å². The van der Waals surface area contributed by atoms with Crippen molar-refractivity contribution >= 4 is 0 Å². The standard InChI is InChI=1S/C10H14O3/c1-3-9(11)8-5-4-7(13-2)6-10(8)12/h4-6,9,11-12H,3H2,1-2H3. The first kappa shape index (κ1) is 9.86. The van der Waals surface area contributed by atoms with Crippen LogP contribution < -0.4 is 4.74 Å². The lowest BCUT2D eigenvalue weighted by Crippen LogP contribution is -1.95. The molecule has 0 fully saturated rings. The zero-order valence-corrected chi connectivity index (χ0v) is 7.82. The number of methoxy groups -OCH3 is 1. The van der Waals surface area contributed by atoms with Crippen LogP contribution >= 0.6 is 0 Å². The summed E-state index contributed by atoms with van der Waals surface area (Å²) in [7, 11) is 1.53. The Balaban J connectivity index is 2.98. The quantitative estimate of drug-likeness (QED) is 0.750. The van der Waals surface area contributed by atoms with Crippen LogP contribution in [0.4, 0.5) is 0 Å². The van der Waals surface area contributed by atoms with Crippen LogP contribution in [0, 0.1) is 0 Å². The Morgan fingerprint density at radius 1 is 1.46 bits per heavy atom. The molecule has 1 aromatic carbocycles. The third-order valence-corrected chi connectivity index (χ3v) is 1.98. The van der Waals surface area contributed by atoms with Crippen LogP contribution in [-0.2, 0) is 0 Å². The highest BCUT2D eigenvalue weighted by molar-refractivity contribution is 5.40. The number of rotatable bonds is 3. The molecule has 0 aromatic heterocycles. The Kier molecular flexibility index (Phi) is 3.14. The van der Waals surface area contributed by atoms with E-state index in [4.69, 9.17) is 4.74 Å². The Bertz CT molecular complexity index is 283. The van der Waals surface area contributed by atoms with E-state index >= 15 is 0 Å². The van der Waals surface area contributed by atoms with E-state index in [-0.39, 0.29) is 5.75 Å². The molecule has 3 nitrogen and oxygen atoms in total. The van der Waals surface area contributed by atoms with E-state index in [0.717, 1.165) is 0 Å². The van der Waals surface area contributed by atoms with Crippen LogP contribution in [0.3, 0.4) is 0 Å². The van der Waals surface area contributed by atoms with Crippen molar-refractivity contribution in [2.24, 2.45) is 0 Å².